The molecular formula is C19H18F2N2O3S. The molecule has 142 valence electrons. The summed E-state index contributed by atoms with van der Waals surface area (Å²) in [4.78, 5) is 28.8. The Labute approximate surface area is 158 Å². The topological polar surface area (TPSA) is 61.2 Å². The third-order valence-electron chi connectivity index (χ3n) is 4.11. The molecule has 0 bridgehead atoms. The molecule has 1 aromatic carbocycles. The first-order valence-corrected chi connectivity index (χ1v) is 9.30. The Morgan fingerprint density at radius 2 is 2.07 bits per heavy atom. The van der Waals surface area contributed by atoms with Crippen molar-refractivity contribution in [3.05, 3.63) is 62.4 Å². The van der Waals surface area contributed by atoms with E-state index in [-0.39, 0.29) is 37.0 Å². The quantitative estimate of drug-likeness (QED) is 0.604. The van der Waals surface area contributed by atoms with Gasteiger partial charge in [-0.3, -0.25) is 9.59 Å². The standard InChI is InChI=1S/C19H18F2N2O3S/c1-3-26-16(25)10-23-13(8-7-12-5-4-6-14(20)17(12)21)9-15(24)18-19(23)22-11(2)27-18/h4-6,9H,3,7-8,10H2,1-2H3. The number of aryl methyl sites for hydroxylation is 3. The minimum Gasteiger partial charge on any atom is -0.465 e. The highest BCUT2D eigenvalue weighted by Gasteiger charge is 2.17. The number of carbonyl (C=O) groups excluding carboxylic acids is 1. The summed E-state index contributed by atoms with van der Waals surface area (Å²) in [6.45, 7) is 3.62. The molecule has 0 fully saturated rings. The Hall–Kier alpha value is -2.61. The van der Waals surface area contributed by atoms with Crippen molar-refractivity contribution in [2.75, 3.05) is 6.61 Å². The molecule has 0 aliphatic carbocycles. The predicted octanol–water partition coefficient (Wildman–Crippen LogP) is 3.39. The molecule has 2 heterocycles. The van der Waals surface area contributed by atoms with Crippen molar-refractivity contribution < 1.29 is 18.3 Å². The number of thiazole rings is 1. The Morgan fingerprint density at radius 1 is 1.30 bits per heavy atom. The number of pyridine rings is 1. The molecule has 5 nitrogen and oxygen atoms in total. The van der Waals surface area contributed by atoms with E-state index >= 15 is 0 Å². The van der Waals surface area contributed by atoms with Crippen molar-refractivity contribution >= 4 is 27.7 Å². The second kappa shape index (κ2) is 7.96. The number of hydrogen-bond donors (Lipinski definition) is 0. The SMILES string of the molecule is CCOC(=O)Cn1c(CCc2cccc(F)c2F)cc(=O)c2sc(C)nc21. The third-order valence-corrected chi connectivity index (χ3v) is 5.09. The highest BCUT2D eigenvalue weighted by molar-refractivity contribution is 7.18. The summed E-state index contributed by atoms with van der Waals surface area (Å²) >= 11 is 1.25. The number of esters is 1. The van der Waals surface area contributed by atoms with Crippen LogP contribution >= 0.6 is 11.3 Å². The smallest absolute Gasteiger partial charge is 0.326 e. The summed E-state index contributed by atoms with van der Waals surface area (Å²) in [6.07, 6.45) is 0.433. The van der Waals surface area contributed by atoms with Gasteiger partial charge in [-0.15, -0.1) is 11.3 Å². The van der Waals surface area contributed by atoms with E-state index in [2.05, 4.69) is 4.98 Å². The van der Waals surface area contributed by atoms with Gasteiger partial charge in [-0.25, -0.2) is 13.8 Å². The minimum atomic E-state index is -0.915. The van der Waals surface area contributed by atoms with Crippen LogP contribution in [0.1, 0.15) is 23.2 Å². The Morgan fingerprint density at radius 3 is 2.81 bits per heavy atom. The first kappa shape index (κ1) is 19.2. The number of carbonyl (C=O) groups is 1. The number of ether oxygens (including phenoxy) is 1. The zero-order chi connectivity index (χ0) is 19.6. The van der Waals surface area contributed by atoms with Crippen LogP contribution in [0.25, 0.3) is 10.3 Å². The van der Waals surface area contributed by atoms with Crippen LogP contribution in [0, 0.1) is 18.6 Å². The van der Waals surface area contributed by atoms with Gasteiger partial charge < -0.3 is 9.30 Å². The van der Waals surface area contributed by atoms with Crippen LogP contribution in [-0.4, -0.2) is 22.1 Å². The monoisotopic (exact) mass is 392 g/mol. The third kappa shape index (κ3) is 4.05. The Kier molecular flexibility index (Phi) is 5.65. The molecule has 0 unspecified atom stereocenters. The van der Waals surface area contributed by atoms with Gasteiger partial charge in [0.05, 0.1) is 11.6 Å². The molecule has 0 aliphatic rings. The molecule has 0 spiro atoms. The van der Waals surface area contributed by atoms with Crippen molar-refractivity contribution in [3.8, 4) is 0 Å². The number of halogens is 2. The second-order valence-electron chi connectivity index (χ2n) is 5.99. The number of fused-ring (bicyclic) bond motifs is 1. The lowest BCUT2D eigenvalue weighted by Crippen LogP contribution is -2.20. The molecule has 0 radical (unpaired) electrons. The minimum absolute atomic E-state index is 0.102. The number of nitrogens with zero attached hydrogens (tertiary/aromatic N) is 2. The fourth-order valence-electron chi connectivity index (χ4n) is 2.91. The number of rotatable bonds is 6. The van der Waals surface area contributed by atoms with E-state index in [1.165, 1.54) is 29.5 Å². The lowest BCUT2D eigenvalue weighted by molar-refractivity contribution is -0.143. The predicted molar refractivity (Wildman–Crippen MR) is 99.0 cm³/mol. The molecule has 2 aromatic heterocycles. The first-order valence-electron chi connectivity index (χ1n) is 8.49. The van der Waals surface area contributed by atoms with E-state index < -0.39 is 17.6 Å². The van der Waals surface area contributed by atoms with Crippen LogP contribution < -0.4 is 5.43 Å². The number of hydrogen-bond acceptors (Lipinski definition) is 5. The van der Waals surface area contributed by atoms with Gasteiger partial charge in [-0.1, -0.05) is 12.1 Å². The fourth-order valence-corrected chi connectivity index (χ4v) is 3.75. The highest BCUT2D eigenvalue weighted by atomic mass is 32.1. The summed E-state index contributed by atoms with van der Waals surface area (Å²) in [5.74, 6) is -2.27. The van der Waals surface area contributed by atoms with Crippen molar-refractivity contribution in [3.63, 3.8) is 0 Å². The van der Waals surface area contributed by atoms with Crippen LogP contribution in [0.2, 0.25) is 0 Å². The fraction of sp³-hybridized carbons (Fsp3) is 0.316. The van der Waals surface area contributed by atoms with Crippen LogP contribution in [0.3, 0.4) is 0 Å². The maximum atomic E-state index is 13.9. The average molecular weight is 392 g/mol. The van der Waals surface area contributed by atoms with Gasteiger partial charge in [-0.2, -0.15) is 0 Å². The van der Waals surface area contributed by atoms with Crippen LogP contribution in [0.5, 0.6) is 0 Å². The average Bonchev–Trinajstić information content (AvgIpc) is 3.01. The molecule has 8 heteroatoms. The van der Waals surface area contributed by atoms with Crippen molar-refractivity contribution in [1.82, 2.24) is 9.55 Å². The van der Waals surface area contributed by atoms with E-state index in [1.54, 1.807) is 18.4 Å². The second-order valence-corrected chi connectivity index (χ2v) is 7.19. The van der Waals surface area contributed by atoms with Crippen molar-refractivity contribution in [2.24, 2.45) is 0 Å². The van der Waals surface area contributed by atoms with E-state index in [0.717, 1.165) is 6.07 Å². The first-order chi connectivity index (χ1) is 12.9. The van der Waals surface area contributed by atoms with Crippen LogP contribution in [0.4, 0.5) is 8.78 Å². The molecule has 0 aliphatic heterocycles. The maximum absolute atomic E-state index is 13.9. The van der Waals surface area contributed by atoms with Gasteiger partial charge in [-0.05, 0) is 38.3 Å². The van der Waals surface area contributed by atoms with E-state index in [4.69, 9.17) is 4.74 Å². The normalized spacial score (nSPS) is 11.1. The molecule has 3 rings (SSSR count). The van der Waals surface area contributed by atoms with Crippen molar-refractivity contribution in [1.29, 1.82) is 0 Å². The van der Waals surface area contributed by atoms with Crippen LogP contribution in [-0.2, 0) is 28.9 Å². The molecule has 0 atom stereocenters. The Bertz CT molecular complexity index is 1060. The zero-order valence-electron chi connectivity index (χ0n) is 14.9. The highest BCUT2D eigenvalue weighted by Crippen LogP contribution is 2.21. The number of benzene rings is 1. The van der Waals surface area contributed by atoms with E-state index in [9.17, 15) is 18.4 Å². The molecule has 0 amide bonds. The summed E-state index contributed by atoms with van der Waals surface area (Å²) in [6, 6.07) is 5.42. The lowest BCUT2D eigenvalue weighted by Gasteiger charge is -2.14. The molecule has 0 saturated heterocycles. The summed E-state index contributed by atoms with van der Waals surface area (Å²) in [5, 5.41) is 0.702. The summed E-state index contributed by atoms with van der Waals surface area (Å²) in [5.41, 5.74) is 0.937. The van der Waals surface area contributed by atoms with Gasteiger partial charge in [0.1, 0.15) is 11.2 Å². The molecule has 0 N–H and O–H groups in total. The summed E-state index contributed by atoms with van der Waals surface area (Å²) in [7, 11) is 0. The van der Waals surface area contributed by atoms with E-state index in [0.29, 0.717) is 21.0 Å². The van der Waals surface area contributed by atoms with Gasteiger partial charge in [0.25, 0.3) is 0 Å². The van der Waals surface area contributed by atoms with Gasteiger partial charge in [0.15, 0.2) is 17.3 Å². The molecule has 3 aromatic rings. The van der Waals surface area contributed by atoms with Crippen molar-refractivity contribution in [2.45, 2.75) is 33.2 Å². The van der Waals surface area contributed by atoms with Crippen LogP contribution in [0.15, 0.2) is 29.1 Å². The molecule has 0 saturated carbocycles. The maximum Gasteiger partial charge on any atom is 0.326 e. The molecular weight excluding hydrogens is 374 g/mol. The van der Waals surface area contributed by atoms with Gasteiger partial charge >= 0.3 is 5.97 Å². The largest absolute Gasteiger partial charge is 0.465 e. The van der Waals surface area contributed by atoms with Gasteiger partial charge in [0.2, 0.25) is 5.43 Å². The van der Waals surface area contributed by atoms with E-state index in [1.807, 2.05) is 0 Å². The molecule has 27 heavy (non-hydrogen) atoms. The summed E-state index contributed by atoms with van der Waals surface area (Å²) < 4.78 is 34.4. The van der Waals surface area contributed by atoms with Gasteiger partial charge in [0, 0.05) is 11.8 Å². The lowest BCUT2D eigenvalue weighted by atomic mass is 10.1. The zero-order valence-corrected chi connectivity index (χ0v) is 15.7. The Balaban J connectivity index is 2.01. The number of aromatic nitrogens is 2.